The summed E-state index contributed by atoms with van der Waals surface area (Å²) < 4.78 is 27.9. The quantitative estimate of drug-likeness (QED) is 0.829. The van der Waals surface area contributed by atoms with E-state index in [4.69, 9.17) is 11.6 Å². The van der Waals surface area contributed by atoms with Crippen molar-refractivity contribution in [3.05, 3.63) is 68.2 Å². The van der Waals surface area contributed by atoms with E-state index in [0.29, 0.717) is 15.1 Å². The molecular weight excluding hydrogens is 338 g/mol. The Morgan fingerprint density at radius 3 is 2.47 bits per heavy atom. The zero-order valence-electron chi connectivity index (χ0n) is 9.92. The van der Waals surface area contributed by atoms with E-state index in [1.165, 1.54) is 25.1 Å². The maximum atomic E-state index is 13.8. The molecule has 5 heteroatoms. The molecule has 0 saturated heterocycles. The van der Waals surface area contributed by atoms with Crippen molar-refractivity contribution in [1.82, 2.24) is 0 Å². The van der Waals surface area contributed by atoms with Crippen molar-refractivity contribution >= 4 is 27.5 Å². The molecule has 1 unspecified atom stereocenters. The Morgan fingerprint density at radius 2 is 1.79 bits per heavy atom. The van der Waals surface area contributed by atoms with Gasteiger partial charge in [-0.3, -0.25) is 0 Å². The second kappa shape index (κ2) is 5.57. The number of hydrogen-bond donors (Lipinski definition) is 1. The molecule has 0 aliphatic rings. The molecule has 0 saturated carbocycles. The lowest BCUT2D eigenvalue weighted by Crippen LogP contribution is -2.06. The van der Waals surface area contributed by atoms with Gasteiger partial charge in [-0.2, -0.15) is 0 Å². The fourth-order valence-electron chi connectivity index (χ4n) is 1.76. The predicted molar refractivity (Wildman–Crippen MR) is 74.3 cm³/mol. The van der Waals surface area contributed by atoms with E-state index in [9.17, 15) is 13.9 Å². The van der Waals surface area contributed by atoms with E-state index < -0.39 is 17.7 Å². The lowest BCUT2D eigenvalue weighted by molar-refractivity contribution is 0.212. The average Bonchev–Trinajstić information content (AvgIpc) is 2.38. The van der Waals surface area contributed by atoms with Crippen LogP contribution in [0, 0.1) is 18.6 Å². The molecule has 1 N–H and O–H groups in total. The van der Waals surface area contributed by atoms with Crippen LogP contribution in [0.4, 0.5) is 8.78 Å². The third kappa shape index (κ3) is 2.81. The summed E-state index contributed by atoms with van der Waals surface area (Å²) in [5.41, 5.74) is 0.458. The van der Waals surface area contributed by atoms with Crippen LogP contribution in [-0.4, -0.2) is 5.11 Å². The van der Waals surface area contributed by atoms with Crippen molar-refractivity contribution in [2.45, 2.75) is 13.0 Å². The maximum Gasteiger partial charge on any atom is 0.165 e. The Labute approximate surface area is 123 Å². The molecule has 2 rings (SSSR count). The first-order valence-electron chi connectivity index (χ1n) is 5.49. The highest BCUT2D eigenvalue weighted by atomic mass is 79.9. The molecule has 0 aliphatic heterocycles. The van der Waals surface area contributed by atoms with Gasteiger partial charge >= 0.3 is 0 Å². The van der Waals surface area contributed by atoms with E-state index in [1.54, 1.807) is 12.1 Å². The van der Waals surface area contributed by atoms with E-state index >= 15 is 0 Å². The highest BCUT2D eigenvalue weighted by Crippen LogP contribution is 2.33. The molecule has 2 aromatic carbocycles. The summed E-state index contributed by atoms with van der Waals surface area (Å²) in [6.45, 7) is 1.46. The minimum atomic E-state index is -1.29. The van der Waals surface area contributed by atoms with Gasteiger partial charge in [0, 0.05) is 20.6 Å². The molecule has 0 amide bonds. The van der Waals surface area contributed by atoms with Crippen LogP contribution in [0.25, 0.3) is 0 Å². The predicted octanol–water partition coefficient (Wildman–Crippen LogP) is 4.77. The van der Waals surface area contributed by atoms with Crippen LogP contribution in [0.3, 0.4) is 0 Å². The van der Waals surface area contributed by atoms with Gasteiger partial charge in [0.15, 0.2) is 11.6 Å². The molecule has 0 bridgehead atoms. The topological polar surface area (TPSA) is 20.2 Å². The fourth-order valence-corrected chi connectivity index (χ4v) is 2.41. The van der Waals surface area contributed by atoms with Gasteiger partial charge in [-0.05, 0) is 30.7 Å². The molecule has 1 nitrogen and oxygen atoms in total. The van der Waals surface area contributed by atoms with Crippen molar-refractivity contribution < 1.29 is 13.9 Å². The van der Waals surface area contributed by atoms with Gasteiger partial charge in [0.25, 0.3) is 0 Å². The minimum absolute atomic E-state index is 0.119. The first-order chi connectivity index (χ1) is 8.91. The first-order valence-corrected chi connectivity index (χ1v) is 6.66. The van der Waals surface area contributed by atoms with Gasteiger partial charge in [0.05, 0.1) is 0 Å². The third-order valence-corrected chi connectivity index (χ3v) is 3.81. The van der Waals surface area contributed by atoms with Crippen LogP contribution in [0.5, 0.6) is 0 Å². The third-order valence-electron chi connectivity index (χ3n) is 2.85. The van der Waals surface area contributed by atoms with Crippen LogP contribution >= 0.6 is 27.5 Å². The minimum Gasteiger partial charge on any atom is -0.384 e. The van der Waals surface area contributed by atoms with Crippen LogP contribution < -0.4 is 0 Å². The molecule has 2 aromatic rings. The van der Waals surface area contributed by atoms with Crippen molar-refractivity contribution in [2.24, 2.45) is 0 Å². The van der Waals surface area contributed by atoms with Gasteiger partial charge in [-0.1, -0.05) is 39.7 Å². The standard InChI is InChI=1S/C14H10BrClF2O/c1-7-2-4-9(13(18)12(7)17)14(19)10-6-8(16)3-5-11(10)15/h2-6,14,19H,1H3. The largest absolute Gasteiger partial charge is 0.384 e. The SMILES string of the molecule is Cc1ccc(C(O)c2cc(Cl)ccc2Br)c(F)c1F. The van der Waals surface area contributed by atoms with Gasteiger partial charge in [-0.25, -0.2) is 8.78 Å². The van der Waals surface area contributed by atoms with Crippen LogP contribution in [0.1, 0.15) is 22.8 Å². The van der Waals surface area contributed by atoms with Gasteiger partial charge < -0.3 is 5.11 Å². The van der Waals surface area contributed by atoms with Crippen LogP contribution in [0.2, 0.25) is 5.02 Å². The lowest BCUT2D eigenvalue weighted by atomic mass is 9.99. The van der Waals surface area contributed by atoms with Gasteiger partial charge in [0.1, 0.15) is 6.10 Å². The summed E-state index contributed by atoms with van der Waals surface area (Å²) in [6, 6.07) is 7.58. The molecule has 0 radical (unpaired) electrons. The number of benzene rings is 2. The monoisotopic (exact) mass is 346 g/mol. The lowest BCUT2D eigenvalue weighted by Gasteiger charge is -2.15. The second-order valence-corrected chi connectivity index (χ2v) is 5.46. The molecule has 1 atom stereocenters. The fraction of sp³-hybridized carbons (Fsp3) is 0.143. The number of hydrogen-bond acceptors (Lipinski definition) is 1. The van der Waals surface area contributed by atoms with Crippen molar-refractivity contribution in [3.63, 3.8) is 0 Å². The molecule has 100 valence electrons. The summed E-state index contributed by atoms with van der Waals surface area (Å²) in [5.74, 6) is -1.99. The molecular formula is C14H10BrClF2O. The van der Waals surface area contributed by atoms with E-state index in [2.05, 4.69) is 15.9 Å². The first kappa shape index (κ1) is 14.4. The molecule has 0 aliphatic carbocycles. The number of aryl methyl sites for hydroxylation is 1. The zero-order valence-corrected chi connectivity index (χ0v) is 12.3. The number of aliphatic hydroxyl groups is 1. The number of aliphatic hydroxyl groups excluding tert-OH is 1. The Balaban J connectivity index is 2.53. The zero-order chi connectivity index (χ0) is 14.2. The summed E-state index contributed by atoms with van der Waals surface area (Å²) in [7, 11) is 0. The molecule has 19 heavy (non-hydrogen) atoms. The highest BCUT2D eigenvalue weighted by Gasteiger charge is 2.21. The summed E-state index contributed by atoms with van der Waals surface area (Å²) in [5, 5.41) is 10.6. The van der Waals surface area contributed by atoms with E-state index in [-0.39, 0.29) is 11.1 Å². The van der Waals surface area contributed by atoms with E-state index in [1.807, 2.05) is 0 Å². The second-order valence-electron chi connectivity index (χ2n) is 4.17. The smallest absolute Gasteiger partial charge is 0.165 e. The molecule has 0 fully saturated rings. The van der Waals surface area contributed by atoms with E-state index in [0.717, 1.165) is 0 Å². The highest BCUT2D eigenvalue weighted by molar-refractivity contribution is 9.10. The Morgan fingerprint density at radius 1 is 1.11 bits per heavy atom. The van der Waals surface area contributed by atoms with Gasteiger partial charge in [0.2, 0.25) is 0 Å². The number of halogens is 4. The molecule has 0 aromatic heterocycles. The molecule has 0 heterocycles. The molecule has 0 spiro atoms. The summed E-state index contributed by atoms with van der Waals surface area (Å²) in [6.07, 6.45) is -1.29. The van der Waals surface area contributed by atoms with Crippen molar-refractivity contribution in [1.29, 1.82) is 0 Å². The summed E-state index contributed by atoms with van der Waals surface area (Å²) >= 11 is 9.10. The number of rotatable bonds is 2. The van der Waals surface area contributed by atoms with Crippen LogP contribution in [0.15, 0.2) is 34.8 Å². The van der Waals surface area contributed by atoms with Crippen molar-refractivity contribution in [3.8, 4) is 0 Å². The van der Waals surface area contributed by atoms with Crippen molar-refractivity contribution in [2.75, 3.05) is 0 Å². The Kier molecular flexibility index (Phi) is 4.23. The summed E-state index contributed by atoms with van der Waals surface area (Å²) in [4.78, 5) is 0. The maximum absolute atomic E-state index is 13.8. The Hall–Kier alpha value is -0.970. The normalized spacial score (nSPS) is 12.5. The van der Waals surface area contributed by atoms with Gasteiger partial charge in [-0.15, -0.1) is 0 Å². The Bertz CT molecular complexity index is 631. The average molecular weight is 348 g/mol. The van der Waals surface area contributed by atoms with Crippen LogP contribution in [-0.2, 0) is 0 Å².